The van der Waals surface area contributed by atoms with Crippen molar-refractivity contribution in [3.05, 3.63) is 0 Å². The molecule has 0 amide bonds. The molecule has 0 unspecified atom stereocenters. The van der Waals surface area contributed by atoms with Crippen LogP contribution in [0.1, 0.15) is 47.0 Å². The summed E-state index contributed by atoms with van der Waals surface area (Å²) in [5, 5.41) is 0. The highest BCUT2D eigenvalue weighted by Gasteiger charge is 2.52. The fourth-order valence-electron chi connectivity index (χ4n) is 2.85. The summed E-state index contributed by atoms with van der Waals surface area (Å²) in [4.78, 5) is 2.73. The van der Waals surface area contributed by atoms with Crippen molar-refractivity contribution in [3.8, 4) is 0 Å². The molecular weight excluding hydrogens is 158 g/mol. The van der Waals surface area contributed by atoms with Gasteiger partial charge in [0.25, 0.3) is 0 Å². The largest absolute Gasteiger partial charge is 0.297 e. The Bertz CT molecular complexity index is 173. The first-order valence-corrected chi connectivity index (χ1v) is 5.80. The molecule has 13 heavy (non-hydrogen) atoms. The molecule has 0 aromatic carbocycles. The predicted molar refractivity (Wildman–Crippen MR) is 56.8 cm³/mol. The van der Waals surface area contributed by atoms with E-state index in [1.54, 1.807) is 0 Å². The zero-order chi connectivity index (χ0) is 9.64. The van der Waals surface area contributed by atoms with E-state index in [-0.39, 0.29) is 0 Å². The molecule has 1 saturated heterocycles. The highest BCUT2D eigenvalue weighted by Crippen LogP contribution is 2.56. The zero-order valence-electron chi connectivity index (χ0n) is 9.51. The second kappa shape index (κ2) is 2.98. The molecule has 1 aliphatic heterocycles. The summed E-state index contributed by atoms with van der Waals surface area (Å²) in [6.07, 6.45) is 4.47. The summed E-state index contributed by atoms with van der Waals surface area (Å²) in [6, 6.07) is 1.61. The number of nitrogens with zero attached hydrogens (tertiary/aromatic N) is 1. The first kappa shape index (κ1) is 9.51. The van der Waals surface area contributed by atoms with E-state index in [1.165, 1.54) is 25.8 Å². The Balaban J connectivity index is 2.07. The van der Waals surface area contributed by atoms with Gasteiger partial charge in [-0.2, -0.15) is 0 Å². The van der Waals surface area contributed by atoms with Gasteiger partial charge in [-0.3, -0.25) is 4.90 Å². The van der Waals surface area contributed by atoms with Gasteiger partial charge in [-0.25, -0.2) is 0 Å². The number of hydrogen-bond donors (Lipinski definition) is 0. The highest BCUT2D eigenvalue weighted by atomic mass is 15.2. The van der Waals surface area contributed by atoms with Crippen LogP contribution in [0.25, 0.3) is 0 Å². The lowest BCUT2D eigenvalue weighted by molar-refractivity contribution is 0.163. The Morgan fingerprint density at radius 3 is 2.08 bits per heavy atom. The summed E-state index contributed by atoms with van der Waals surface area (Å²) in [5.41, 5.74) is 0.777. The average molecular weight is 181 g/mol. The van der Waals surface area contributed by atoms with Crippen molar-refractivity contribution in [1.82, 2.24) is 4.90 Å². The van der Waals surface area contributed by atoms with Gasteiger partial charge in [0.15, 0.2) is 0 Å². The third-order valence-electron chi connectivity index (χ3n) is 3.98. The van der Waals surface area contributed by atoms with Gasteiger partial charge in [-0.15, -0.1) is 0 Å². The Morgan fingerprint density at radius 2 is 1.77 bits per heavy atom. The van der Waals surface area contributed by atoms with Crippen LogP contribution in [0, 0.1) is 11.3 Å². The van der Waals surface area contributed by atoms with Crippen molar-refractivity contribution in [2.24, 2.45) is 11.3 Å². The Hall–Kier alpha value is -0.0400. The lowest BCUT2D eigenvalue weighted by atomic mass is 9.96. The SMILES string of the molecule is CC(C)[C@H]1CC2(CC2)CN1C(C)C. The van der Waals surface area contributed by atoms with Crippen LogP contribution < -0.4 is 0 Å². The quantitative estimate of drug-likeness (QED) is 0.633. The first-order valence-electron chi connectivity index (χ1n) is 5.80. The molecule has 1 heteroatoms. The van der Waals surface area contributed by atoms with Crippen molar-refractivity contribution >= 4 is 0 Å². The molecule has 2 aliphatic rings. The third-order valence-corrected chi connectivity index (χ3v) is 3.98. The van der Waals surface area contributed by atoms with Crippen LogP contribution in [0.2, 0.25) is 0 Å². The van der Waals surface area contributed by atoms with Gasteiger partial charge in [0.1, 0.15) is 0 Å². The topological polar surface area (TPSA) is 3.24 Å². The molecule has 76 valence electrons. The zero-order valence-corrected chi connectivity index (χ0v) is 9.51. The van der Waals surface area contributed by atoms with E-state index in [4.69, 9.17) is 0 Å². The van der Waals surface area contributed by atoms with Gasteiger partial charge in [-0.05, 0) is 44.4 Å². The Kier molecular flexibility index (Phi) is 2.18. The van der Waals surface area contributed by atoms with Gasteiger partial charge < -0.3 is 0 Å². The minimum absolute atomic E-state index is 0.743. The molecule has 0 N–H and O–H groups in total. The van der Waals surface area contributed by atoms with Gasteiger partial charge in [0.2, 0.25) is 0 Å². The van der Waals surface area contributed by atoms with E-state index < -0.39 is 0 Å². The molecule has 1 atom stereocenters. The molecule has 1 nitrogen and oxygen atoms in total. The van der Waals surface area contributed by atoms with Crippen LogP contribution in [0.15, 0.2) is 0 Å². The minimum atomic E-state index is 0.743. The first-order chi connectivity index (χ1) is 6.04. The molecule has 1 saturated carbocycles. The second-order valence-electron chi connectivity index (χ2n) is 5.78. The maximum atomic E-state index is 2.73. The number of hydrogen-bond acceptors (Lipinski definition) is 1. The summed E-state index contributed by atoms with van der Waals surface area (Å²) >= 11 is 0. The molecule has 1 aliphatic carbocycles. The molecular formula is C12H23N. The van der Waals surface area contributed by atoms with E-state index in [2.05, 4.69) is 32.6 Å². The van der Waals surface area contributed by atoms with Crippen molar-refractivity contribution in [2.75, 3.05) is 6.54 Å². The van der Waals surface area contributed by atoms with E-state index in [0.717, 1.165) is 23.4 Å². The molecule has 2 rings (SSSR count). The van der Waals surface area contributed by atoms with E-state index in [0.29, 0.717) is 0 Å². The van der Waals surface area contributed by atoms with Crippen molar-refractivity contribution in [2.45, 2.75) is 59.0 Å². The van der Waals surface area contributed by atoms with Crippen LogP contribution in [0.4, 0.5) is 0 Å². The summed E-state index contributed by atoms with van der Waals surface area (Å²) in [5.74, 6) is 0.836. The lowest BCUT2D eigenvalue weighted by Gasteiger charge is -2.30. The maximum absolute atomic E-state index is 2.73. The van der Waals surface area contributed by atoms with Crippen LogP contribution >= 0.6 is 0 Å². The molecule has 2 fully saturated rings. The molecule has 1 spiro atoms. The molecule has 1 heterocycles. The van der Waals surface area contributed by atoms with Crippen LogP contribution in [-0.2, 0) is 0 Å². The van der Waals surface area contributed by atoms with Crippen LogP contribution in [0.5, 0.6) is 0 Å². The number of likely N-dealkylation sites (tertiary alicyclic amines) is 1. The molecule has 0 radical (unpaired) electrons. The predicted octanol–water partition coefficient (Wildman–Crippen LogP) is 2.91. The fourth-order valence-corrected chi connectivity index (χ4v) is 2.85. The Labute approximate surface area is 82.5 Å². The summed E-state index contributed by atoms with van der Waals surface area (Å²) in [7, 11) is 0. The third kappa shape index (κ3) is 1.63. The highest BCUT2D eigenvalue weighted by molar-refractivity contribution is 5.05. The monoisotopic (exact) mass is 181 g/mol. The number of rotatable bonds is 2. The average Bonchev–Trinajstić information content (AvgIpc) is 2.60. The Morgan fingerprint density at radius 1 is 1.15 bits per heavy atom. The van der Waals surface area contributed by atoms with Gasteiger partial charge in [0.05, 0.1) is 0 Å². The summed E-state index contributed by atoms with van der Waals surface area (Å²) in [6.45, 7) is 10.8. The van der Waals surface area contributed by atoms with Gasteiger partial charge in [-0.1, -0.05) is 13.8 Å². The van der Waals surface area contributed by atoms with Gasteiger partial charge >= 0.3 is 0 Å². The second-order valence-corrected chi connectivity index (χ2v) is 5.78. The van der Waals surface area contributed by atoms with E-state index in [1.807, 2.05) is 0 Å². The normalized spacial score (nSPS) is 32.3. The molecule has 0 bridgehead atoms. The minimum Gasteiger partial charge on any atom is -0.297 e. The lowest BCUT2D eigenvalue weighted by Crippen LogP contribution is -2.38. The smallest absolute Gasteiger partial charge is 0.0127 e. The van der Waals surface area contributed by atoms with E-state index >= 15 is 0 Å². The molecule has 0 aromatic rings. The fraction of sp³-hybridized carbons (Fsp3) is 1.00. The van der Waals surface area contributed by atoms with Crippen molar-refractivity contribution in [1.29, 1.82) is 0 Å². The van der Waals surface area contributed by atoms with Crippen molar-refractivity contribution < 1.29 is 0 Å². The standard InChI is InChI=1S/C12H23N/c1-9(2)11-7-12(5-6-12)8-13(11)10(3)4/h9-11H,5-8H2,1-4H3/t11-/m1/s1. The molecule has 0 aromatic heterocycles. The van der Waals surface area contributed by atoms with Gasteiger partial charge in [0, 0.05) is 18.6 Å². The summed E-state index contributed by atoms with van der Waals surface area (Å²) < 4.78 is 0. The van der Waals surface area contributed by atoms with Crippen molar-refractivity contribution in [3.63, 3.8) is 0 Å². The maximum Gasteiger partial charge on any atom is 0.0127 e. The van der Waals surface area contributed by atoms with Crippen LogP contribution in [-0.4, -0.2) is 23.5 Å². The van der Waals surface area contributed by atoms with Crippen LogP contribution in [0.3, 0.4) is 0 Å². The van der Waals surface area contributed by atoms with E-state index in [9.17, 15) is 0 Å².